The second kappa shape index (κ2) is 12.7. The van der Waals surface area contributed by atoms with Crippen LogP contribution in [0.2, 0.25) is 0 Å². The van der Waals surface area contributed by atoms with Crippen molar-refractivity contribution in [1.29, 1.82) is 0 Å². The SMILES string of the molecule is C=C(SCc1ccccc1)N(C)/C(=N\N)c1cncc(C#CCCCCCC)c1. The third-order valence-electron chi connectivity index (χ3n) is 4.45. The van der Waals surface area contributed by atoms with E-state index in [-0.39, 0.29) is 0 Å². The highest BCUT2D eigenvalue weighted by Crippen LogP contribution is 2.23. The van der Waals surface area contributed by atoms with Crippen molar-refractivity contribution in [1.82, 2.24) is 9.88 Å². The zero-order valence-corrected chi connectivity index (χ0v) is 18.2. The first-order valence-corrected chi connectivity index (χ1v) is 11.0. The zero-order valence-electron chi connectivity index (χ0n) is 17.4. The smallest absolute Gasteiger partial charge is 0.161 e. The molecule has 29 heavy (non-hydrogen) atoms. The van der Waals surface area contributed by atoms with Gasteiger partial charge in [-0.1, -0.05) is 74.9 Å². The highest BCUT2D eigenvalue weighted by Gasteiger charge is 2.14. The summed E-state index contributed by atoms with van der Waals surface area (Å²) in [6, 6.07) is 12.3. The topological polar surface area (TPSA) is 54.5 Å². The van der Waals surface area contributed by atoms with Gasteiger partial charge in [0.1, 0.15) is 0 Å². The molecule has 1 heterocycles. The van der Waals surface area contributed by atoms with Gasteiger partial charge in [-0.3, -0.25) is 4.98 Å². The molecule has 1 aromatic heterocycles. The largest absolute Gasteiger partial charge is 0.323 e. The minimum atomic E-state index is 0.620. The zero-order chi connectivity index (χ0) is 20.9. The second-order valence-electron chi connectivity index (χ2n) is 6.75. The van der Waals surface area contributed by atoms with Gasteiger partial charge in [0.15, 0.2) is 5.84 Å². The summed E-state index contributed by atoms with van der Waals surface area (Å²) in [6.45, 7) is 6.39. The maximum Gasteiger partial charge on any atom is 0.161 e. The van der Waals surface area contributed by atoms with Crippen LogP contribution in [0, 0.1) is 11.8 Å². The number of rotatable bonds is 9. The van der Waals surface area contributed by atoms with Crippen LogP contribution in [0.25, 0.3) is 0 Å². The van der Waals surface area contributed by atoms with Gasteiger partial charge in [0.2, 0.25) is 0 Å². The van der Waals surface area contributed by atoms with E-state index < -0.39 is 0 Å². The number of aromatic nitrogens is 1. The molecular weight excluding hydrogens is 376 g/mol. The lowest BCUT2D eigenvalue weighted by Gasteiger charge is -2.22. The number of pyridine rings is 1. The van der Waals surface area contributed by atoms with Gasteiger partial charge in [-0.15, -0.1) is 11.8 Å². The van der Waals surface area contributed by atoms with Crippen molar-refractivity contribution in [3.8, 4) is 11.8 Å². The molecule has 0 saturated heterocycles. The van der Waals surface area contributed by atoms with E-state index in [9.17, 15) is 0 Å². The van der Waals surface area contributed by atoms with Crippen LogP contribution in [0.1, 0.15) is 55.7 Å². The summed E-state index contributed by atoms with van der Waals surface area (Å²) >= 11 is 1.65. The summed E-state index contributed by atoms with van der Waals surface area (Å²) in [5.41, 5.74) is 2.94. The summed E-state index contributed by atoms with van der Waals surface area (Å²) in [6.07, 6.45) is 9.33. The maximum absolute atomic E-state index is 5.70. The lowest BCUT2D eigenvalue weighted by molar-refractivity contribution is 0.671. The van der Waals surface area contributed by atoms with Crippen LogP contribution < -0.4 is 5.84 Å². The first-order valence-electron chi connectivity index (χ1n) is 9.97. The van der Waals surface area contributed by atoms with Crippen molar-refractivity contribution in [2.75, 3.05) is 7.05 Å². The number of thioether (sulfide) groups is 1. The number of amidine groups is 1. The Labute approximate surface area is 179 Å². The van der Waals surface area contributed by atoms with Crippen LogP contribution in [0.3, 0.4) is 0 Å². The van der Waals surface area contributed by atoms with Gasteiger partial charge >= 0.3 is 0 Å². The van der Waals surface area contributed by atoms with E-state index >= 15 is 0 Å². The van der Waals surface area contributed by atoms with E-state index in [4.69, 9.17) is 5.84 Å². The van der Waals surface area contributed by atoms with Crippen LogP contribution in [-0.4, -0.2) is 22.8 Å². The van der Waals surface area contributed by atoms with Crippen LogP contribution in [-0.2, 0) is 5.75 Å². The number of hydrazone groups is 1. The van der Waals surface area contributed by atoms with Gasteiger partial charge in [-0.25, -0.2) is 0 Å². The second-order valence-corrected chi connectivity index (χ2v) is 7.80. The molecule has 0 aliphatic carbocycles. The number of hydrogen-bond acceptors (Lipinski definition) is 4. The molecule has 0 spiro atoms. The minimum Gasteiger partial charge on any atom is -0.323 e. The van der Waals surface area contributed by atoms with Gasteiger partial charge < -0.3 is 10.7 Å². The molecule has 152 valence electrons. The predicted octanol–water partition coefficient (Wildman–Crippen LogP) is 5.36. The normalized spacial score (nSPS) is 10.9. The number of benzene rings is 1. The average molecular weight is 407 g/mol. The monoisotopic (exact) mass is 406 g/mol. The number of nitrogens with two attached hydrogens (primary N) is 1. The maximum atomic E-state index is 5.70. The fraction of sp³-hybridized carbons (Fsp3) is 0.333. The van der Waals surface area contributed by atoms with Gasteiger partial charge in [0, 0.05) is 42.7 Å². The Morgan fingerprint density at radius 2 is 2.00 bits per heavy atom. The van der Waals surface area contributed by atoms with Crippen LogP contribution in [0.15, 0.2) is 65.5 Å². The van der Waals surface area contributed by atoms with Crippen molar-refractivity contribution in [2.24, 2.45) is 10.9 Å². The van der Waals surface area contributed by atoms with Gasteiger partial charge in [0.05, 0.1) is 5.03 Å². The lowest BCUT2D eigenvalue weighted by Crippen LogP contribution is -2.27. The van der Waals surface area contributed by atoms with Crippen LogP contribution >= 0.6 is 11.8 Å². The first-order chi connectivity index (χ1) is 14.2. The highest BCUT2D eigenvalue weighted by molar-refractivity contribution is 8.02. The summed E-state index contributed by atoms with van der Waals surface area (Å²) in [4.78, 5) is 6.21. The third-order valence-corrected chi connectivity index (χ3v) is 5.53. The Bertz CT molecular complexity index is 865. The Balaban J connectivity index is 1.99. The molecule has 5 heteroatoms. The Hall–Kier alpha value is -2.71. The third kappa shape index (κ3) is 7.67. The fourth-order valence-electron chi connectivity index (χ4n) is 2.75. The molecule has 4 nitrogen and oxygen atoms in total. The molecule has 2 aromatic rings. The summed E-state index contributed by atoms with van der Waals surface area (Å²) < 4.78 is 0. The molecule has 0 amide bonds. The molecule has 0 atom stereocenters. The molecule has 1 aromatic carbocycles. The fourth-order valence-corrected chi connectivity index (χ4v) is 3.55. The summed E-state index contributed by atoms with van der Waals surface area (Å²) in [5.74, 6) is 13.6. The quantitative estimate of drug-likeness (QED) is 0.152. The molecule has 0 saturated carbocycles. The average Bonchev–Trinajstić information content (AvgIpc) is 2.76. The van der Waals surface area contributed by atoms with E-state index in [1.807, 2.05) is 36.2 Å². The molecule has 0 bridgehead atoms. The standard InChI is InChI=1S/C24H30N4S/c1-4-5-6-7-8-10-15-22-16-23(18-26-17-22)24(27-25)28(3)20(2)29-19-21-13-11-9-12-14-21/h9,11-14,16-18H,2,4-8,19,25H2,1,3H3/b27-24-. The Morgan fingerprint density at radius 1 is 1.21 bits per heavy atom. The molecular formula is C24H30N4S. The molecule has 0 aliphatic rings. The Morgan fingerprint density at radius 3 is 2.72 bits per heavy atom. The predicted molar refractivity (Wildman–Crippen MR) is 125 cm³/mol. The van der Waals surface area contributed by atoms with E-state index in [0.717, 1.165) is 34.8 Å². The van der Waals surface area contributed by atoms with Crippen molar-refractivity contribution in [2.45, 2.75) is 44.8 Å². The molecule has 2 N–H and O–H groups in total. The first kappa shape index (κ1) is 22.6. The molecule has 0 radical (unpaired) electrons. The van der Waals surface area contributed by atoms with Crippen LogP contribution in [0.5, 0.6) is 0 Å². The number of unbranched alkanes of at least 4 members (excludes halogenated alkanes) is 4. The number of nitrogens with zero attached hydrogens (tertiary/aromatic N) is 3. The van der Waals surface area contributed by atoms with Crippen molar-refractivity contribution < 1.29 is 0 Å². The van der Waals surface area contributed by atoms with Crippen molar-refractivity contribution in [3.05, 3.63) is 77.1 Å². The van der Waals surface area contributed by atoms with Gasteiger partial charge in [0.25, 0.3) is 0 Å². The molecule has 0 fully saturated rings. The van der Waals surface area contributed by atoms with Crippen LogP contribution in [0.4, 0.5) is 0 Å². The summed E-state index contributed by atoms with van der Waals surface area (Å²) in [7, 11) is 1.91. The molecule has 0 aliphatic heterocycles. The van der Waals surface area contributed by atoms with E-state index in [1.165, 1.54) is 24.8 Å². The number of hydrogen-bond donors (Lipinski definition) is 1. The molecule has 2 rings (SSSR count). The van der Waals surface area contributed by atoms with Gasteiger partial charge in [-0.05, 0) is 18.1 Å². The highest BCUT2D eigenvalue weighted by atomic mass is 32.2. The summed E-state index contributed by atoms with van der Waals surface area (Å²) in [5, 5.41) is 4.85. The lowest BCUT2D eigenvalue weighted by atomic mass is 10.1. The van der Waals surface area contributed by atoms with Gasteiger partial charge in [-0.2, -0.15) is 5.10 Å². The van der Waals surface area contributed by atoms with E-state index in [2.05, 4.69) is 47.6 Å². The van der Waals surface area contributed by atoms with Crippen molar-refractivity contribution >= 4 is 17.6 Å². The van der Waals surface area contributed by atoms with E-state index in [1.54, 1.807) is 24.2 Å². The van der Waals surface area contributed by atoms with Crippen molar-refractivity contribution in [3.63, 3.8) is 0 Å². The Kier molecular flexibility index (Phi) is 9.88. The molecule has 0 unspecified atom stereocenters. The minimum absolute atomic E-state index is 0.620. The van der Waals surface area contributed by atoms with E-state index in [0.29, 0.717) is 5.84 Å².